The highest BCUT2D eigenvalue weighted by atomic mass is 19.4. The van der Waals surface area contributed by atoms with Gasteiger partial charge in [0.15, 0.2) is 11.5 Å². The van der Waals surface area contributed by atoms with Crippen molar-refractivity contribution in [3.63, 3.8) is 0 Å². The average Bonchev–Trinajstić information content (AvgIpc) is 3.36. The standard InChI is InChI=1S/C27H30F3N5O3/c1-17(34(2)25(36)19-7-9-20(10-8-19)26(37)38-3)18-11-13-21(14-12-18)33-22-16-32-35(24(22)27(28,29)30)23-6-4-5-15-31-23/h4-6,11-17,19-20,33H,7-10H2,1-3H3/t17-,19?,20?/m1/s1. The van der Waals surface area contributed by atoms with E-state index in [9.17, 15) is 22.8 Å². The Labute approximate surface area is 218 Å². The number of nitrogens with one attached hydrogen (secondary N) is 1. The molecule has 1 aliphatic carbocycles. The highest BCUT2D eigenvalue weighted by Crippen LogP contribution is 2.37. The summed E-state index contributed by atoms with van der Waals surface area (Å²) < 4.78 is 47.3. The molecule has 0 radical (unpaired) electrons. The van der Waals surface area contributed by atoms with Gasteiger partial charge in [-0.2, -0.15) is 18.3 Å². The third-order valence-corrected chi connectivity index (χ3v) is 7.12. The van der Waals surface area contributed by atoms with Gasteiger partial charge in [0.2, 0.25) is 5.91 Å². The van der Waals surface area contributed by atoms with Crippen molar-refractivity contribution in [1.29, 1.82) is 0 Å². The minimum Gasteiger partial charge on any atom is -0.469 e. The molecular formula is C27H30F3N5O3. The predicted molar refractivity (Wildman–Crippen MR) is 135 cm³/mol. The number of anilines is 2. The molecule has 0 saturated heterocycles. The van der Waals surface area contributed by atoms with Crippen LogP contribution in [0.25, 0.3) is 5.82 Å². The summed E-state index contributed by atoms with van der Waals surface area (Å²) in [4.78, 5) is 30.5. The van der Waals surface area contributed by atoms with Gasteiger partial charge >= 0.3 is 12.1 Å². The first kappa shape index (κ1) is 27.2. The number of esters is 1. The van der Waals surface area contributed by atoms with Crippen molar-refractivity contribution >= 4 is 23.3 Å². The fraction of sp³-hybridized carbons (Fsp3) is 0.407. The number of carbonyl (C=O) groups excluding carboxylic acids is 2. The van der Waals surface area contributed by atoms with Crippen LogP contribution in [0.2, 0.25) is 0 Å². The maximum atomic E-state index is 13.9. The lowest BCUT2D eigenvalue weighted by Crippen LogP contribution is -2.37. The zero-order chi connectivity index (χ0) is 27.4. The lowest BCUT2D eigenvalue weighted by Gasteiger charge is -2.32. The number of aromatic nitrogens is 3. The first-order chi connectivity index (χ1) is 18.1. The molecule has 1 N–H and O–H groups in total. The largest absolute Gasteiger partial charge is 0.469 e. The predicted octanol–water partition coefficient (Wildman–Crippen LogP) is 5.53. The molecular weight excluding hydrogens is 499 g/mol. The number of methoxy groups -OCH3 is 1. The number of carbonyl (C=O) groups is 2. The van der Waals surface area contributed by atoms with E-state index < -0.39 is 11.9 Å². The first-order valence-electron chi connectivity index (χ1n) is 12.4. The van der Waals surface area contributed by atoms with Crippen LogP contribution in [0.4, 0.5) is 24.5 Å². The quantitative estimate of drug-likeness (QED) is 0.405. The molecule has 11 heteroatoms. The number of halogens is 3. The Balaban J connectivity index is 1.44. The minimum absolute atomic E-state index is 0.0137. The van der Waals surface area contributed by atoms with E-state index in [0.717, 1.165) is 16.4 Å². The van der Waals surface area contributed by atoms with Gasteiger partial charge in [-0.1, -0.05) is 18.2 Å². The number of nitrogens with zero attached hydrogens (tertiary/aromatic N) is 4. The maximum absolute atomic E-state index is 13.9. The second kappa shape index (κ2) is 11.2. The van der Waals surface area contributed by atoms with E-state index >= 15 is 0 Å². The van der Waals surface area contributed by atoms with Crippen molar-refractivity contribution in [3.8, 4) is 5.82 Å². The Bertz CT molecular complexity index is 1250. The number of hydrogen-bond donors (Lipinski definition) is 1. The van der Waals surface area contributed by atoms with Gasteiger partial charge in [-0.25, -0.2) is 9.67 Å². The van der Waals surface area contributed by atoms with Crippen LogP contribution in [0.5, 0.6) is 0 Å². The zero-order valence-corrected chi connectivity index (χ0v) is 21.4. The summed E-state index contributed by atoms with van der Waals surface area (Å²) in [5.74, 6) is -0.456. The van der Waals surface area contributed by atoms with Crippen molar-refractivity contribution in [3.05, 3.63) is 66.1 Å². The lowest BCUT2D eigenvalue weighted by molar-refractivity contribution is -0.148. The van der Waals surface area contributed by atoms with E-state index in [1.807, 2.05) is 6.92 Å². The van der Waals surface area contributed by atoms with Gasteiger partial charge in [0, 0.05) is 24.8 Å². The summed E-state index contributed by atoms with van der Waals surface area (Å²) in [7, 11) is 3.12. The third kappa shape index (κ3) is 5.81. The molecule has 202 valence electrons. The van der Waals surface area contributed by atoms with Gasteiger partial charge in [0.1, 0.15) is 0 Å². The molecule has 2 aromatic heterocycles. The van der Waals surface area contributed by atoms with Gasteiger partial charge < -0.3 is 15.0 Å². The topological polar surface area (TPSA) is 89.4 Å². The van der Waals surface area contributed by atoms with Gasteiger partial charge in [-0.15, -0.1) is 0 Å². The van der Waals surface area contributed by atoms with Crippen molar-refractivity contribution in [2.75, 3.05) is 19.5 Å². The molecule has 1 atom stereocenters. The number of hydrogen-bond acceptors (Lipinski definition) is 6. The lowest BCUT2D eigenvalue weighted by atomic mass is 9.81. The van der Waals surface area contributed by atoms with E-state index in [0.29, 0.717) is 31.4 Å². The Morgan fingerprint density at radius 2 is 1.74 bits per heavy atom. The summed E-state index contributed by atoms with van der Waals surface area (Å²) in [6.45, 7) is 1.90. The third-order valence-electron chi connectivity index (χ3n) is 7.12. The molecule has 1 aliphatic rings. The molecule has 0 bridgehead atoms. The number of pyridine rings is 1. The highest BCUT2D eigenvalue weighted by Gasteiger charge is 2.39. The number of rotatable bonds is 7. The van der Waals surface area contributed by atoms with Crippen LogP contribution in [0, 0.1) is 11.8 Å². The molecule has 8 nitrogen and oxygen atoms in total. The van der Waals surface area contributed by atoms with Crippen LogP contribution in [0.15, 0.2) is 54.9 Å². The summed E-state index contributed by atoms with van der Waals surface area (Å²) in [5, 5.41) is 6.71. The van der Waals surface area contributed by atoms with Crippen LogP contribution in [-0.4, -0.2) is 45.7 Å². The highest BCUT2D eigenvalue weighted by molar-refractivity contribution is 5.80. The van der Waals surface area contributed by atoms with E-state index in [2.05, 4.69) is 15.4 Å². The SMILES string of the molecule is COC(=O)C1CCC(C(=O)N(C)[C@H](C)c2ccc(Nc3cnn(-c4ccccn4)c3C(F)(F)F)cc2)CC1. The van der Waals surface area contributed by atoms with Crippen LogP contribution < -0.4 is 5.32 Å². The zero-order valence-electron chi connectivity index (χ0n) is 21.4. The molecule has 0 spiro atoms. The van der Waals surface area contributed by atoms with Gasteiger partial charge in [-0.3, -0.25) is 9.59 Å². The molecule has 0 unspecified atom stereocenters. The summed E-state index contributed by atoms with van der Waals surface area (Å²) in [6, 6.07) is 11.3. The van der Waals surface area contributed by atoms with Crippen molar-refractivity contribution in [1.82, 2.24) is 19.7 Å². The van der Waals surface area contributed by atoms with E-state index in [1.54, 1.807) is 48.3 Å². The summed E-state index contributed by atoms with van der Waals surface area (Å²) >= 11 is 0. The summed E-state index contributed by atoms with van der Waals surface area (Å²) in [5.41, 5.74) is 0.136. The smallest absolute Gasteiger partial charge is 0.435 e. The average molecular weight is 530 g/mol. The monoisotopic (exact) mass is 529 g/mol. The fourth-order valence-corrected chi connectivity index (χ4v) is 4.81. The van der Waals surface area contributed by atoms with E-state index in [1.165, 1.54) is 19.4 Å². The molecule has 4 rings (SSSR count). The molecule has 1 saturated carbocycles. The molecule has 2 heterocycles. The first-order valence-corrected chi connectivity index (χ1v) is 12.4. The van der Waals surface area contributed by atoms with Crippen LogP contribution >= 0.6 is 0 Å². The van der Waals surface area contributed by atoms with Crippen molar-refractivity contribution in [2.45, 2.75) is 44.8 Å². The number of alkyl halides is 3. The number of amides is 1. The second-order valence-electron chi connectivity index (χ2n) is 9.45. The molecule has 1 fully saturated rings. The normalized spacial score (nSPS) is 18.5. The molecule has 3 aromatic rings. The molecule has 38 heavy (non-hydrogen) atoms. The van der Waals surface area contributed by atoms with Crippen LogP contribution in [0.1, 0.15) is 49.9 Å². The van der Waals surface area contributed by atoms with E-state index in [4.69, 9.17) is 4.74 Å². The van der Waals surface area contributed by atoms with Gasteiger partial charge in [0.25, 0.3) is 0 Å². The molecule has 1 aromatic carbocycles. The minimum atomic E-state index is -4.66. The number of ether oxygens (including phenoxy) is 1. The van der Waals surface area contributed by atoms with E-state index in [-0.39, 0.29) is 41.3 Å². The second-order valence-corrected chi connectivity index (χ2v) is 9.45. The Hall–Kier alpha value is -3.89. The molecule has 0 aliphatic heterocycles. The van der Waals surface area contributed by atoms with Crippen LogP contribution in [-0.2, 0) is 20.5 Å². The Kier molecular flexibility index (Phi) is 8.03. The van der Waals surface area contributed by atoms with Crippen molar-refractivity contribution in [2.24, 2.45) is 11.8 Å². The van der Waals surface area contributed by atoms with Gasteiger partial charge in [0.05, 0.1) is 31.0 Å². The van der Waals surface area contributed by atoms with Crippen molar-refractivity contribution < 1.29 is 27.5 Å². The maximum Gasteiger partial charge on any atom is 0.435 e. The Morgan fingerprint density at radius 1 is 1.08 bits per heavy atom. The fourth-order valence-electron chi connectivity index (χ4n) is 4.81. The van der Waals surface area contributed by atoms with Gasteiger partial charge in [-0.05, 0) is 62.4 Å². The number of benzene rings is 1. The summed E-state index contributed by atoms with van der Waals surface area (Å²) in [6.07, 6.45) is 0.377. The molecule has 1 amide bonds. The Morgan fingerprint density at radius 3 is 2.32 bits per heavy atom. The van der Waals surface area contributed by atoms with Crippen LogP contribution in [0.3, 0.4) is 0 Å².